The summed E-state index contributed by atoms with van der Waals surface area (Å²) >= 11 is 0. The molecule has 0 radical (unpaired) electrons. The van der Waals surface area contributed by atoms with Gasteiger partial charge in [0.25, 0.3) is 0 Å². The van der Waals surface area contributed by atoms with Crippen molar-refractivity contribution in [2.24, 2.45) is 12.5 Å². The number of aliphatic carboxylic acids is 1. The van der Waals surface area contributed by atoms with Gasteiger partial charge in [-0.3, -0.25) is 4.68 Å². The van der Waals surface area contributed by atoms with Gasteiger partial charge in [0.15, 0.2) is 5.82 Å². The van der Waals surface area contributed by atoms with E-state index in [0.29, 0.717) is 18.8 Å². The van der Waals surface area contributed by atoms with Gasteiger partial charge in [0, 0.05) is 20.0 Å². The van der Waals surface area contributed by atoms with Crippen LogP contribution < -0.4 is 10.6 Å². The fourth-order valence-corrected chi connectivity index (χ4v) is 1.62. The molecule has 112 valence electrons. The van der Waals surface area contributed by atoms with Crippen molar-refractivity contribution in [3.8, 4) is 0 Å². The summed E-state index contributed by atoms with van der Waals surface area (Å²) in [6.45, 7) is 5.60. The average molecular weight is 283 g/mol. The molecule has 3 N–H and O–H groups in total. The number of carbonyl (C=O) groups excluding carboxylic acids is 1. The monoisotopic (exact) mass is 283 g/mol. The van der Waals surface area contributed by atoms with Crippen LogP contribution in [0.25, 0.3) is 0 Å². The SMILES string of the molecule is Cn1cnc(CCNC(=O)N[C@@H](C(=O)O)C(C)(C)C)n1. The molecular formula is C12H21N5O3. The molecule has 0 aliphatic heterocycles. The summed E-state index contributed by atoms with van der Waals surface area (Å²) < 4.78 is 1.58. The molecule has 0 aliphatic rings. The molecule has 1 atom stereocenters. The number of aryl methyl sites for hydroxylation is 1. The first-order chi connectivity index (χ1) is 9.20. The lowest BCUT2D eigenvalue weighted by Gasteiger charge is -2.27. The molecule has 0 saturated carbocycles. The normalized spacial score (nSPS) is 12.8. The number of rotatable bonds is 5. The second kappa shape index (κ2) is 6.36. The van der Waals surface area contributed by atoms with Crippen molar-refractivity contribution in [3.63, 3.8) is 0 Å². The predicted molar refractivity (Wildman–Crippen MR) is 72.1 cm³/mol. The minimum absolute atomic E-state index is 0.340. The Bertz CT molecular complexity index is 478. The Morgan fingerprint density at radius 2 is 2.10 bits per heavy atom. The molecule has 1 aromatic rings. The Balaban J connectivity index is 2.41. The molecule has 0 unspecified atom stereocenters. The maximum Gasteiger partial charge on any atom is 0.326 e. The molecule has 2 amide bonds. The number of nitrogens with zero attached hydrogens (tertiary/aromatic N) is 3. The van der Waals surface area contributed by atoms with Crippen LogP contribution in [0.2, 0.25) is 0 Å². The van der Waals surface area contributed by atoms with Gasteiger partial charge in [-0.15, -0.1) is 0 Å². The number of hydrogen-bond acceptors (Lipinski definition) is 4. The topological polar surface area (TPSA) is 109 Å². The number of urea groups is 1. The third kappa shape index (κ3) is 4.87. The van der Waals surface area contributed by atoms with E-state index in [-0.39, 0.29) is 0 Å². The van der Waals surface area contributed by atoms with Crippen molar-refractivity contribution >= 4 is 12.0 Å². The predicted octanol–water partition coefficient (Wildman–Crippen LogP) is 0.156. The van der Waals surface area contributed by atoms with E-state index in [4.69, 9.17) is 5.11 Å². The van der Waals surface area contributed by atoms with E-state index in [0.717, 1.165) is 0 Å². The lowest BCUT2D eigenvalue weighted by atomic mass is 9.87. The van der Waals surface area contributed by atoms with Gasteiger partial charge in [-0.05, 0) is 5.41 Å². The summed E-state index contributed by atoms with van der Waals surface area (Å²) in [5.74, 6) is -0.433. The zero-order valence-electron chi connectivity index (χ0n) is 12.2. The quantitative estimate of drug-likeness (QED) is 0.713. The Labute approximate surface area is 117 Å². The van der Waals surface area contributed by atoms with Gasteiger partial charge >= 0.3 is 12.0 Å². The standard InChI is InChI=1S/C12H21N5O3/c1-12(2,3)9(10(18)19)15-11(20)13-6-5-8-14-7-17(4)16-8/h7,9H,5-6H2,1-4H3,(H,18,19)(H2,13,15,20)/t9-/m0/s1. The third-order valence-electron chi connectivity index (χ3n) is 2.67. The fraction of sp³-hybridized carbons (Fsp3) is 0.667. The van der Waals surface area contributed by atoms with Gasteiger partial charge in [-0.25, -0.2) is 14.6 Å². The number of nitrogens with one attached hydrogen (secondary N) is 2. The van der Waals surface area contributed by atoms with Crippen LogP contribution >= 0.6 is 0 Å². The minimum atomic E-state index is -1.06. The van der Waals surface area contributed by atoms with E-state index < -0.39 is 23.5 Å². The summed E-state index contributed by atoms with van der Waals surface area (Å²) in [4.78, 5) is 26.8. The van der Waals surface area contributed by atoms with Crippen molar-refractivity contribution in [2.75, 3.05) is 6.54 Å². The highest BCUT2D eigenvalue weighted by Crippen LogP contribution is 2.19. The highest BCUT2D eigenvalue weighted by Gasteiger charge is 2.32. The zero-order chi connectivity index (χ0) is 15.3. The Kier molecular flexibility index (Phi) is 5.06. The molecular weight excluding hydrogens is 262 g/mol. The number of carboxylic acids is 1. The van der Waals surface area contributed by atoms with Gasteiger partial charge in [-0.1, -0.05) is 20.8 Å². The zero-order valence-corrected chi connectivity index (χ0v) is 12.2. The number of aromatic nitrogens is 3. The second-order valence-electron chi connectivity index (χ2n) is 5.62. The first-order valence-corrected chi connectivity index (χ1v) is 6.32. The van der Waals surface area contributed by atoms with E-state index in [9.17, 15) is 9.59 Å². The highest BCUT2D eigenvalue weighted by atomic mass is 16.4. The van der Waals surface area contributed by atoms with Gasteiger partial charge in [0.1, 0.15) is 12.4 Å². The van der Waals surface area contributed by atoms with Crippen LogP contribution in [-0.4, -0.2) is 44.5 Å². The smallest absolute Gasteiger partial charge is 0.326 e. The molecule has 0 aromatic carbocycles. The van der Waals surface area contributed by atoms with Gasteiger partial charge in [0.05, 0.1) is 0 Å². The van der Waals surface area contributed by atoms with Gasteiger partial charge < -0.3 is 15.7 Å². The largest absolute Gasteiger partial charge is 0.480 e. The first-order valence-electron chi connectivity index (χ1n) is 6.32. The lowest BCUT2D eigenvalue weighted by molar-refractivity contribution is -0.141. The molecule has 0 bridgehead atoms. The van der Waals surface area contributed by atoms with Crippen LogP contribution in [0.5, 0.6) is 0 Å². The summed E-state index contributed by atoms with van der Waals surface area (Å²) in [5, 5.41) is 18.2. The number of amides is 2. The fourth-order valence-electron chi connectivity index (χ4n) is 1.62. The molecule has 1 heterocycles. The molecule has 0 spiro atoms. The molecule has 20 heavy (non-hydrogen) atoms. The Morgan fingerprint density at radius 1 is 1.45 bits per heavy atom. The van der Waals surface area contributed by atoms with Crippen LogP contribution in [-0.2, 0) is 18.3 Å². The lowest BCUT2D eigenvalue weighted by Crippen LogP contribution is -2.52. The Hall–Kier alpha value is -2.12. The highest BCUT2D eigenvalue weighted by molar-refractivity contribution is 5.83. The van der Waals surface area contributed by atoms with Gasteiger partial charge in [0.2, 0.25) is 0 Å². The number of hydrogen-bond donors (Lipinski definition) is 3. The van der Waals surface area contributed by atoms with Crippen LogP contribution in [0.3, 0.4) is 0 Å². The van der Waals surface area contributed by atoms with Crippen molar-refractivity contribution in [1.82, 2.24) is 25.4 Å². The van der Waals surface area contributed by atoms with Crippen LogP contribution in [0.15, 0.2) is 6.33 Å². The summed E-state index contributed by atoms with van der Waals surface area (Å²) in [5.41, 5.74) is -0.564. The average Bonchev–Trinajstić information content (AvgIpc) is 2.70. The molecule has 8 nitrogen and oxygen atoms in total. The van der Waals surface area contributed by atoms with Crippen molar-refractivity contribution in [2.45, 2.75) is 33.2 Å². The molecule has 0 fully saturated rings. The maximum absolute atomic E-state index is 11.7. The Morgan fingerprint density at radius 3 is 2.55 bits per heavy atom. The van der Waals surface area contributed by atoms with E-state index in [2.05, 4.69) is 20.7 Å². The van der Waals surface area contributed by atoms with Crippen molar-refractivity contribution in [1.29, 1.82) is 0 Å². The van der Waals surface area contributed by atoms with Crippen LogP contribution in [0, 0.1) is 5.41 Å². The van der Waals surface area contributed by atoms with Crippen LogP contribution in [0.4, 0.5) is 4.79 Å². The number of carboxylic acid groups (broad SMARTS) is 1. The molecule has 0 aliphatic carbocycles. The summed E-state index contributed by atoms with van der Waals surface area (Å²) in [7, 11) is 1.76. The molecule has 1 rings (SSSR count). The summed E-state index contributed by atoms with van der Waals surface area (Å²) in [6, 6.07) is -1.46. The second-order valence-corrected chi connectivity index (χ2v) is 5.62. The van der Waals surface area contributed by atoms with Gasteiger partial charge in [-0.2, -0.15) is 5.10 Å². The molecule has 1 aromatic heterocycles. The minimum Gasteiger partial charge on any atom is -0.480 e. The number of carbonyl (C=O) groups is 2. The van der Waals surface area contributed by atoms with E-state index in [1.54, 1.807) is 38.8 Å². The van der Waals surface area contributed by atoms with Crippen molar-refractivity contribution in [3.05, 3.63) is 12.2 Å². The van der Waals surface area contributed by atoms with E-state index >= 15 is 0 Å². The first kappa shape index (κ1) is 15.9. The molecule has 0 saturated heterocycles. The van der Waals surface area contributed by atoms with E-state index in [1.807, 2.05) is 0 Å². The van der Waals surface area contributed by atoms with Crippen LogP contribution in [0.1, 0.15) is 26.6 Å². The molecule has 8 heteroatoms. The maximum atomic E-state index is 11.7. The summed E-state index contributed by atoms with van der Waals surface area (Å²) in [6.07, 6.45) is 2.07. The van der Waals surface area contributed by atoms with Crippen molar-refractivity contribution < 1.29 is 14.7 Å². The van der Waals surface area contributed by atoms with E-state index in [1.165, 1.54) is 0 Å². The third-order valence-corrected chi connectivity index (χ3v) is 2.67.